The van der Waals surface area contributed by atoms with Crippen LogP contribution < -0.4 is 30.5 Å². The lowest BCUT2D eigenvalue weighted by molar-refractivity contribution is 0.0309. The number of fused-ring (bicyclic) bond motifs is 3. The molecule has 3 aromatic heterocycles. The van der Waals surface area contributed by atoms with Gasteiger partial charge in [-0.2, -0.15) is 0 Å². The molecular formula is C66H66Cl6F3N9O12. The van der Waals surface area contributed by atoms with E-state index in [-0.39, 0.29) is 69.9 Å². The molecule has 6 aromatic carbocycles. The molecule has 3 aliphatic heterocycles. The van der Waals surface area contributed by atoms with Gasteiger partial charge >= 0.3 is 17.7 Å². The van der Waals surface area contributed by atoms with Gasteiger partial charge in [0.25, 0.3) is 0 Å². The Labute approximate surface area is 579 Å². The molecule has 3 saturated heterocycles. The molecule has 6 N–H and O–H groups in total. The molecule has 30 heteroatoms. The highest BCUT2D eigenvalue weighted by Gasteiger charge is 2.27. The molecule has 0 saturated carbocycles. The molecule has 3 fully saturated rings. The first-order chi connectivity index (χ1) is 46.1. The van der Waals surface area contributed by atoms with Crippen LogP contribution in [-0.2, 0) is 0 Å². The molecule has 6 heterocycles. The van der Waals surface area contributed by atoms with Gasteiger partial charge in [0.15, 0.2) is 17.3 Å². The Morgan fingerprint density at radius 3 is 0.896 bits per heavy atom. The van der Waals surface area contributed by atoms with Crippen molar-refractivity contribution in [2.75, 3.05) is 118 Å². The van der Waals surface area contributed by atoms with Gasteiger partial charge in [0.05, 0.1) is 15.1 Å². The average Bonchev–Trinajstić information content (AvgIpc) is 1.78. The van der Waals surface area contributed by atoms with Crippen LogP contribution in [0.5, 0.6) is 17.2 Å². The molecule has 3 amide bonds. The van der Waals surface area contributed by atoms with E-state index in [1.165, 1.54) is 36.4 Å². The fourth-order valence-electron chi connectivity index (χ4n) is 10.4. The van der Waals surface area contributed by atoms with E-state index in [9.17, 15) is 42.9 Å². The van der Waals surface area contributed by atoms with Crippen LogP contribution in [0, 0.1) is 17.5 Å². The number of benzene rings is 6. The number of piperazine rings is 3. The van der Waals surface area contributed by atoms with Gasteiger partial charge < -0.3 is 42.8 Å². The maximum Gasteiger partial charge on any atom is 0.301 e. The number of carbonyl (C=O) groups is 3. The summed E-state index contributed by atoms with van der Waals surface area (Å²) in [5.74, 6) is -1.08. The van der Waals surface area contributed by atoms with Crippen molar-refractivity contribution in [1.82, 2.24) is 46.0 Å². The van der Waals surface area contributed by atoms with Gasteiger partial charge in [-0.25, -0.2) is 28.2 Å². The molecule has 0 spiro atoms. The Morgan fingerprint density at radius 1 is 0.385 bits per heavy atom. The number of aliphatic hydroxyl groups excluding tert-OH is 3. The Morgan fingerprint density at radius 2 is 0.646 bits per heavy atom. The second-order valence-corrected chi connectivity index (χ2v) is 25.2. The van der Waals surface area contributed by atoms with Crippen LogP contribution in [0.15, 0.2) is 141 Å². The number of halogens is 9. The third kappa shape index (κ3) is 20.7. The summed E-state index contributed by atoms with van der Waals surface area (Å²) in [6.45, 7) is 8.80. The number of ether oxygens (including phenoxy) is 3. The first-order valence-electron chi connectivity index (χ1n) is 30.3. The van der Waals surface area contributed by atoms with E-state index in [1.54, 1.807) is 91.0 Å². The van der Waals surface area contributed by atoms with Crippen molar-refractivity contribution < 1.29 is 70.3 Å². The predicted molar refractivity (Wildman–Crippen MR) is 359 cm³/mol. The van der Waals surface area contributed by atoms with Crippen LogP contribution in [0.3, 0.4) is 0 Å². The fourth-order valence-corrected chi connectivity index (χ4v) is 11.3. The zero-order valence-corrected chi connectivity index (χ0v) is 55.7. The number of hydrogen-bond donors (Lipinski definition) is 6. The van der Waals surface area contributed by atoms with Crippen molar-refractivity contribution in [3.8, 4) is 17.2 Å². The summed E-state index contributed by atoms with van der Waals surface area (Å²) in [6.07, 6.45) is -2.22. The first-order valence-corrected chi connectivity index (χ1v) is 32.6. The van der Waals surface area contributed by atoms with E-state index in [0.717, 1.165) is 16.2 Å². The highest BCUT2D eigenvalue weighted by molar-refractivity contribution is 6.32. The number of aliphatic hydroxyl groups is 3. The van der Waals surface area contributed by atoms with E-state index >= 15 is 0 Å². The number of rotatable bonds is 21. The summed E-state index contributed by atoms with van der Waals surface area (Å²) in [5.41, 5.74) is 10.3. The number of hydrazine groups is 3. The molecule has 0 radical (unpaired) electrons. The van der Waals surface area contributed by atoms with Crippen LogP contribution in [0.2, 0.25) is 30.1 Å². The summed E-state index contributed by atoms with van der Waals surface area (Å²) in [5, 5.41) is 40.3. The van der Waals surface area contributed by atoms with E-state index in [2.05, 4.69) is 31.0 Å². The van der Waals surface area contributed by atoms with Crippen molar-refractivity contribution in [1.29, 1.82) is 0 Å². The standard InChI is InChI=1S/3C22H22Cl2FN3O4/c3*23-15-1-4-20-14(9-15)10-21(32-20)22(30)26-28-7-5-27(6-8-28)12-16(29)13-31-17-2-3-18(24)19(25)11-17/h3*1-4,9-11,16,29H,5-8,12-13H2,(H,26,30)/t2*16-;/m10./s1. The highest BCUT2D eigenvalue weighted by atomic mass is 35.5. The second kappa shape index (κ2) is 33.9. The zero-order valence-electron chi connectivity index (χ0n) is 51.2. The Kier molecular flexibility index (Phi) is 25.3. The molecule has 9 aromatic rings. The molecule has 510 valence electrons. The van der Waals surface area contributed by atoms with Crippen LogP contribution in [0.25, 0.3) is 32.9 Å². The van der Waals surface area contributed by atoms with Gasteiger partial charge in [-0.05, 0) is 109 Å². The molecule has 3 atom stereocenters. The van der Waals surface area contributed by atoms with Gasteiger partial charge in [-0.15, -0.1) is 0 Å². The Hall–Kier alpha value is -7.08. The van der Waals surface area contributed by atoms with Gasteiger partial charge in [0.1, 0.15) is 89.6 Å². The predicted octanol–water partition coefficient (Wildman–Crippen LogP) is 10.7. The molecule has 12 rings (SSSR count). The number of carbonyl (C=O) groups excluding carboxylic acids is 3. The third-order valence-electron chi connectivity index (χ3n) is 15.4. The summed E-state index contributed by atoms with van der Waals surface area (Å²) in [7, 11) is 0. The first kappa shape index (κ1) is 71.7. The largest absolute Gasteiger partial charge is 0.491 e. The van der Waals surface area contributed by atoms with Crippen LogP contribution in [-0.4, -0.2) is 199 Å². The van der Waals surface area contributed by atoms with Crippen molar-refractivity contribution in [3.63, 3.8) is 0 Å². The topological polar surface area (TPSA) is 235 Å². The number of nitrogens with zero attached hydrogens (tertiary/aromatic N) is 6. The van der Waals surface area contributed by atoms with E-state index in [1.807, 2.05) is 15.0 Å². The van der Waals surface area contributed by atoms with Gasteiger partial charge in [-0.1, -0.05) is 69.6 Å². The van der Waals surface area contributed by atoms with Crippen molar-refractivity contribution >= 4 is 120 Å². The average molecular weight is 1450 g/mol. The fraction of sp³-hybridized carbons (Fsp3) is 0.318. The lowest BCUT2D eigenvalue weighted by Gasteiger charge is -2.35. The minimum atomic E-state index is -0.739. The SMILES string of the molecule is O=C(NN1CCN(CC(O)COc2ccc(Cl)c(F)c2)CC1)c1cc2cc(Cl)ccc2o1.O=C(NN1CCN(C[C@@H](O)COc2ccc(Cl)c(F)c2)CC1)c1cc2cc(Cl)ccc2o1.O=C(NN1CCN(C[C@H](O)COc2ccc(Cl)c(F)c2)CC1)c1cc2cc(Cl)ccc2o1. The highest BCUT2D eigenvalue weighted by Crippen LogP contribution is 2.28. The molecule has 3 aliphatic rings. The lowest BCUT2D eigenvalue weighted by Crippen LogP contribution is -2.54. The minimum Gasteiger partial charge on any atom is -0.491 e. The molecule has 0 aliphatic carbocycles. The zero-order chi connectivity index (χ0) is 68.0. The molecule has 1 unspecified atom stereocenters. The van der Waals surface area contributed by atoms with Crippen LogP contribution in [0.1, 0.15) is 31.7 Å². The van der Waals surface area contributed by atoms with E-state index in [4.69, 9.17) is 97.1 Å². The number of β-amino-alcohol motifs (C(OH)–C–C–N with tert-alkyl or cyclic N) is 3. The number of hydrogen-bond acceptors (Lipinski definition) is 18. The Balaban J connectivity index is 0.000000157. The Bertz CT molecular complexity index is 3720. The number of furan rings is 3. The van der Waals surface area contributed by atoms with Gasteiger partial charge in [0, 0.05) is 148 Å². The van der Waals surface area contributed by atoms with Crippen LogP contribution >= 0.6 is 69.6 Å². The lowest BCUT2D eigenvalue weighted by atomic mass is 10.2. The summed E-state index contributed by atoms with van der Waals surface area (Å²) < 4.78 is 73.5. The molecule has 96 heavy (non-hydrogen) atoms. The van der Waals surface area contributed by atoms with Crippen molar-refractivity contribution in [2.24, 2.45) is 0 Å². The maximum absolute atomic E-state index is 13.5. The summed E-state index contributed by atoms with van der Waals surface area (Å²) in [6, 6.07) is 33.0. The van der Waals surface area contributed by atoms with Crippen LogP contribution in [0.4, 0.5) is 13.2 Å². The number of nitrogens with one attached hydrogen (secondary N) is 3. The smallest absolute Gasteiger partial charge is 0.301 e. The van der Waals surface area contributed by atoms with Crippen molar-refractivity contribution in [2.45, 2.75) is 18.3 Å². The monoisotopic (exact) mass is 1440 g/mol. The minimum absolute atomic E-state index is 0.0209. The summed E-state index contributed by atoms with van der Waals surface area (Å²) >= 11 is 34.9. The second-order valence-electron chi connectivity index (χ2n) is 22.7. The maximum atomic E-state index is 13.5. The normalized spacial score (nSPS) is 16.2. The quantitative estimate of drug-likeness (QED) is 0.0392. The van der Waals surface area contributed by atoms with Gasteiger partial charge in [-0.3, -0.25) is 45.4 Å². The van der Waals surface area contributed by atoms with Gasteiger partial charge in [0.2, 0.25) is 0 Å². The molecular weight excluding hydrogens is 1380 g/mol. The molecule has 0 bridgehead atoms. The van der Waals surface area contributed by atoms with Crippen molar-refractivity contribution in [3.05, 3.63) is 192 Å². The summed E-state index contributed by atoms with van der Waals surface area (Å²) in [4.78, 5) is 43.7. The van der Waals surface area contributed by atoms with E-state index < -0.39 is 35.8 Å². The third-order valence-corrected chi connectivity index (χ3v) is 17.0. The molecule has 21 nitrogen and oxygen atoms in total. The van der Waals surface area contributed by atoms with E-state index in [0.29, 0.717) is 147 Å². The number of amides is 3.